The fourth-order valence-corrected chi connectivity index (χ4v) is 3.21. The molecule has 1 fully saturated rings. The second-order valence-electron chi connectivity index (χ2n) is 6.60. The number of rotatable bonds is 0. The third-order valence-corrected chi connectivity index (χ3v) is 4.93. The van der Waals surface area contributed by atoms with Crippen LogP contribution in [0.25, 0.3) is 0 Å². The van der Waals surface area contributed by atoms with E-state index in [4.69, 9.17) is 9.47 Å². The molecule has 0 aromatic carbocycles. The molecule has 0 N–H and O–H groups in total. The summed E-state index contributed by atoms with van der Waals surface area (Å²) in [7, 11) is 0. The Morgan fingerprint density at radius 1 is 0.850 bits per heavy atom. The summed E-state index contributed by atoms with van der Waals surface area (Å²) in [6, 6.07) is 0. The number of carbonyl (C=O) groups excluding carboxylic acids is 1. The maximum absolute atomic E-state index is 11.6. The molecule has 0 unspecified atom stereocenters. The van der Waals surface area contributed by atoms with E-state index in [2.05, 4.69) is 12.2 Å². The fraction of sp³-hybridized carbons (Fsp3) is 0.824. The molecule has 1 aliphatic carbocycles. The van der Waals surface area contributed by atoms with Crippen LogP contribution in [-0.2, 0) is 9.47 Å². The summed E-state index contributed by atoms with van der Waals surface area (Å²) in [6.45, 7) is 4.03. The van der Waals surface area contributed by atoms with E-state index in [0.717, 1.165) is 25.7 Å². The van der Waals surface area contributed by atoms with Crippen LogP contribution in [0.1, 0.15) is 78.1 Å². The molecule has 0 saturated carbocycles. The maximum Gasteiger partial charge on any atom is 0.509 e. The fourth-order valence-electron chi connectivity index (χ4n) is 3.21. The number of fused-ring (bicyclic) bond motifs is 1. The Hall–Kier alpha value is -0.990. The number of hydrogen-bond acceptors (Lipinski definition) is 3. The quantitative estimate of drug-likeness (QED) is 0.455. The Morgan fingerprint density at radius 2 is 1.45 bits per heavy atom. The SMILES string of the molecule is C[C@@]12C/C=C/CCCCCCCCC[C@@]1(C)OC(=O)O2. The van der Waals surface area contributed by atoms with E-state index in [1.807, 2.05) is 13.8 Å². The van der Waals surface area contributed by atoms with Gasteiger partial charge in [-0.15, -0.1) is 0 Å². The molecule has 0 radical (unpaired) electrons. The van der Waals surface area contributed by atoms with Gasteiger partial charge in [-0.2, -0.15) is 0 Å². The van der Waals surface area contributed by atoms with Gasteiger partial charge in [0.15, 0.2) is 11.2 Å². The van der Waals surface area contributed by atoms with Crippen molar-refractivity contribution in [3.8, 4) is 0 Å². The van der Waals surface area contributed by atoms with Crippen molar-refractivity contribution >= 4 is 6.16 Å². The molecule has 2 atom stereocenters. The topological polar surface area (TPSA) is 35.5 Å². The molecule has 20 heavy (non-hydrogen) atoms. The Labute approximate surface area is 122 Å². The van der Waals surface area contributed by atoms with E-state index < -0.39 is 17.4 Å². The number of hydrogen-bond donors (Lipinski definition) is 0. The monoisotopic (exact) mass is 280 g/mol. The van der Waals surface area contributed by atoms with Crippen molar-refractivity contribution in [3.05, 3.63) is 12.2 Å². The molecule has 0 aromatic rings. The lowest BCUT2D eigenvalue weighted by Crippen LogP contribution is -2.47. The first-order valence-corrected chi connectivity index (χ1v) is 8.13. The minimum Gasteiger partial charge on any atom is -0.424 e. The summed E-state index contributed by atoms with van der Waals surface area (Å²) in [5.74, 6) is 0. The van der Waals surface area contributed by atoms with Gasteiger partial charge in [-0.05, 0) is 39.5 Å². The summed E-state index contributed by atoms with van der Waals surface area (Å²) in [4.78, 5) is 11.6. The molecule has 1 saturated heterocycles. The largest absolute Gasteiger partial charge is 0.509 e. The zero-order valence-electron chi connectivity index (χ0n) is 13.0. The van der Waals surface area contributed by atoms with Gasteiger partial charge >= 0.3 is 6.16 Å². The Balaban J connectivity index is 2.06. The van der Waals surface area contributed by atoms with E-state index in [9.17, 15) is 4.79 Å². The molecular formula is C17H28O3. The van der Waals surface area contributed by atoms with Crippen LogP contribution in [0.15, 0.2) is 12.2 Å². The van der Waals surface area contributed by atoms with E-state index in [1.54, 1.807) is 0 Å². The number of carbonyl (C=O) groups is 1. The van der Waals surface area contributed by atoms with Crippen LogP contribution in [-0.4, -0.2) is 17.4 Å². The molecule has 3 nitrogen and oxygen atoms in total. The van der Waals surface area contributed by atoms with Gasteiger partial charge in [0.1, 0.15) is 0 Å². The smallest absolute Gasteiger partial charge is 0.424 e. The van der Waals surface area contributed by atoms with Gasteiger partial charge in [0.05, 0.1) is 0 Å². The first kappa shape index (κ1) is 15.4. The summed E-state index contributed by atoms with van der Waals surface area (Å²) >= 11 is 0. The normalized spacial score (nSPS) is 38.2. The van der Waals surface area contributed by atoms with Crippen molar-refractivity contribution in [3.63, 3.8) is 0 Å². The predicted octanol–water partition coefficient (Wildman–Crippen LogP) is 5.14. The minimum absolute atomic E-state index is 0.488. The van der Waals surface area contributed by atoms with Gasteiger partial charge in [0, 0.05) is 6.42 Å². The molecule has 2 rings (SSSR count). The van der Waals surface area contributed by atoms with Crippen LogP contribution in [0.4, 0.5) is 4.79 Å². The van der Waals surface area contributed by atoms with E-state index in [0.29, 0.717) is 0 Å². The summed E-state index contributed by atoms with van der Waals surface area (Å²) in [5.41, 5.74) is -1.01. The van der Waals surface area contributed by atoms with Gasteiger partial charge in [-0.1, -0.05) is 44.3 Å². The van der Waals surface area contributed by atoms with Crippen molar-refractivity contribution in [2.75, 3.05) is 0 Å². The highest BCUT2D eigenvalue weighted by Gasteiger charge is 2.55. The molecule has 0 amide bonds. The molecule has 1 heterocycles. The first-order valence-electron chi connectivity index (χ1n) is 8.13. The van der Waals surface area contributed by atoms with E-state index in [1.165, 1.54) is 38.5 Å². The van der Waals surface area contributed by atoms with Crippen LogP contribution in [0.2, 0.25) is 0 Å². The third-order valence-electron chi connectivity index (χ3n) is 4.93. The van der Waals surface area contributed by atoms with Gasteiger partial charge in [0.25, 0.3) is 0 Å². The third kappa shape index (κ3) is 3.56. The average Bonchev–Trinajstić information content (AvgIpc) is 2.60. The van der Waals surface area contributed by atoms with Crippen LogP contribution in [0.5, 0.6) is 0 Å². The molecule has 3 heteroatoms. The zero-order chi connectivity index (χ0) is 14.5. The van der Waals surface area contributed by atoms with Gasteiger partial charge < -0.3 is 9.47 Å². The minimum atomic E-state index is -0.523. The second kappa shape index (κ2) is 6.64. The van der Waals surface area contributed by atoms with Crippen molar-refractivity contribution in [1.82, 2.24) is 0 Å². The van der Waals surface area contributed by atoms with Crippen LogP contribution in [0.3, 0.4) is 0 Å². The lowest BCUT2D eigenvalue weighted by atomic mass is 9.79. The van der Waals surface area contributed by atoms with Crippen LogP contribution >= 0.6 is 0 Å². The molecule has 0 spiro atoms. The Morgan fingerprint density at radius 3 is 2.20 bits per heavy atom. The molecule has 114 valence electrons. The number of ether oxygens (including phenoxy) is 2. The lowest BCUT2D eigenvalue weighted by molar-refractivity contribution is -0.0285. The maximum atomic E-state index is 11.6. The standard InChI is InChI=1S/C17H28O3/c1-16-13-11-9-7-5-3-4-6-8-10-12-14-17(16,2)20-15(18)19-16/h9,11H,3-8,10,12-14H2,1-2H3/b11-9+/t16-,17-/m1/s1. The molecule has 2 aliphatic rings. The molecular weight excluding hydrogens is 252 g/mol. The van der Waals surface area contributed by atoms with Crippen molar-refractivity contribution < 1.29 is 14.3 Å². The summed E-state index contributed by atoms with van der Waals surface area (Å²) in [6.07, 6.45) is 15.5. The Bertz CT molecular complexity index is 363. The van der Waals surface area contributed by atoms with Crippen molar-refractivity contribution in [2.24, 2.45) is 0 Å². The highest BCUT2D eigenvalue weighted by molar-refractivity contribution is 5.64. The highest BCUT2D eigenvalue weighted by Crippen LogP contribution is 2.43. The Kier molecular flexibility index (Phi) is 5.11. The van der Waals surface area contributed by atoms with Gasteiger partial charge in [0.2, 0.25) is 0 Å². The highest BCUT2D eigenvalue weighted by atomic mass is 16.8. The van der Waals surface area contributed by atoms with Crippen molar-refractivity contribution in [1.29, 1.82) is 0 Å². The van der Waals surface area contributed by atoms with Gasteiger partial charge in [-0.25, -0.2) is 4.79 Å². The molecule has 1 aliphatic heterocycles. The zero-order valence-corrected chi connectivity index (χ0v) is 13.0. The van der Waals surface area contributed by atoms with E-state index in [-0.39, 0.29) is 0 Å². The summed E-state index contributed by atoms with van der Waals surface area (Å²) in [5, 5.41) is 0. The summed E-state index contributed by atoms with van der Waals surface area (Å²) < 4.78 is 11.0. The number of allylic oxidation sites excluding steroid dienone is 1. The predicted molar refractivity (Wildman–Crippen MR) is 79.7 cm³/mol. The first-order chi connectivity index (χ1) is 9.56. The lowest BCUT2D eigenvalue weighted by Gasteiger charge is -2.35. The van der Waals surface area contributed by atoms with Crippen LogP contribution < -0.4 is 0 Å². The van der Waals surface area contributed by atoms with Crippen molar-refractivity contribution in [2.45, 2.75) is 89.3 Å². The van der Waals surface area contributed by atoms with Crippen LogP contribution in [0, 0.1) is 0 Å². The second-order valence-corrected chi connectivity index (χ2v) is 6.60. The molecule has 0 bridgehead atoms. The molecule has 0 aromatic heterocycles. The van der Waals surface area contributed by atoms with Gasteiger partial charge in [-0.3, -0.25) is 0 Å². The average molecular weight is 280 g/mol. The van der Waals surface area contributed by atoms with E-state index >= 15 is 0 Å².